The van der Waals surface area contributed by atoms with Gasteiger partial charge in [0.25, 0.3) is 0 Å². The second-order valence-electron chi connectivity index (χ2n) is 3.82. The van der Waals surface area contributed by atoms with Crippen LogP contribution in [0.4, 0.5) is 0 Å². The van der Waals surface area contributed by atoms with Gasteiger partial charge in [0.15, 0.2) is 0 Å². The van der Waals surface area contributed by atoms with Crippen molar-refractivity contribution in [3.8, 4) is 0 Å². The van der Waals surface area contributed by atoms with Gasteiger partial charge in [-0.1, -0.05) is 60.7 Å². The Hall–Kier alpha value is -1.21. The Kier molecular flexibility index (Phi) is 6.49. The van der Waals surface area contributed by atoms with Crippen molar-refractivity contribution in [3.63, 3.8) is 0 Å². The highest BCUT2D eigenvalue weighted by Crippen LogP contribution is 2.27. The molecule has 90 valence electrons. The topological polar surface area (TPSA) is 0 Å². The fourth-order valence-electron chi connectivity index (χ4n) is 1.33. The number of aryl methyl sites for hydroxylation is 1. The summed E-state index contributed by atoms with van der Waals surface area (Å²) >= 11 is 1.80. The molecule has 0 bridgehead atoms. The summed E-state index contributed by atoms with van der Waals surface area (Å²) in [6.07, 6.45) is 11.7. The Bertz CT molecular complexity index is 408. The van der Waals surface area contributed by atoms with E-state index in [0.717, 1.165) is 6.42 Å². The first-order valence-corrected chi connectivity index (χ1v) is 6.82. The van der Waals surface area contributed by atoms with Gasteiger partial charge in [-0.25, -0.2) is 0 Å². The molecule has 1 heteroatoms. The normalized spacial score (nSPS) is 12.8. The SMILES string of the molecule is C/C=C/C(=C\C=C/CC)Sc1ccc(C)cc1. The number of allylic oxidation sites excluding steroid dienone is 5. The van der Waals surface area contributed by atoms with Crippen LogP contribution < -0.4 is 0 Å². The minimum atomic E-state index is 1.08. The van der Waals surface area contributed by atoms with Crippen LogP contribution in [0.5, 0.6) is 0 Å². The first-order chi connectivity index (χ1) is 8.26. The molecule has 17 heavy (non-hydrogen) atoms. The van der Waals surface area contributed by atoms with E-state index in [1.54, 1.807) is 11.8 Å². The molecule has 1 rings (SSSR count). The third-order valence-electron chi connectivity index (χ3n) is 2.22. The Morgan fingerprint density at radius 3 is 2.53 bits per heavy atom. The summed E-state index contributed by atoms with van der Waals surface area (Å²) in [4.78, 5) is 2.55. The highest BCUT2D eigenvalue weighted by Gasteiger charge is 1.96. The number of benzene rings is 1. The molecule has 0 aliphatic carbocycles. The van der Waals surface area contributed by atoms with Gasteiger partial charge in [0.2, 0.25) is 0 Å². The highest BCUT2D eigenvalue weighted by molar-refractivity contribution is 8.03. The predicted octanol–water partition coefficient (Wildman–Crippen LogP) is 5.51. The molecule has 1 aromatic carbocycles. The van der Waals surface area contributed by atoms with Crippen LogP contribution in [-0.2, 0) is 0 Å². The molecule has 0 radical (unpaired) electrons. The van der Waals surface area contributed by atoms with Crippen LogP contribution in [0.2, 0.25) is 0 Å². The maximum Gasteiger partial charge on any atom is 0.0122 e. The highest BCUT2D eigenvalue weighted by atomic mass is 32.2. The third kappa shape index (κ3) is 5.60. The van der Waals surface area contributed by atoms with Crippen molar-refractivity contribution in [3.05, 3.63) is 65.1 Å². The van der Waals surface area contributed by atoms with Crippen molar-refractivity contribution in [1.29, 1.82) is 0 Å². The van der Waals surface area contributed by atoms with Gasteiger partial charge in [0.1, 0.15) is 0 Å². The molecule has 0 amide bonds. The van der Waals surface area contributed by atoms with E-state index in [1.165, 1.54) is 15.4 Å². The molecule has 0 heterocycles. The van der Waals surface area contributed by atoms with Crippen LogP contribution in [0.3, 0.4) is 0 Å². The molecule has 0 atom stereocenters. The molecule has 0 fully saturated rings. The van der Waals surface area contributed by atoms with Gasteiger partial charge in [-0.15, -0.1) is 0 Å². The van der Waals surface area contributed by atoms with Gasteiger partial charge >= 0.3 is 0 Å². The number of rotatable bonds is 5. The van der Waals surface area contributed by atoms with Gasteiger partial charge in [0, 0.05) is 9.80 Å². The molecular weight excluding hydrogens is 224 g/mol. The molecule has 0 saturated heterocycles. The van der Waals surface area contributed by atoms with Crippen LogP contribution >= 0.6 is 11.8 Å². The fraction of sp³-hybridized carbons (Fsp3) is 0.250. The smallest absolute Gasteiger partial charge is 0.0122 e. The summed E-state index contributed by atoms with van der Waals surface area (Å²) in [6.45, 7) is 6.31. The van der Waals surface area contributed by atoms with Crippen LogP contribution in [0, 0.1) is 6.92 Å². The van der Waals surface area contributed by atoms with Gasteiger partial charge < -0.3 is 0 Å². The first kappa shape index (κ1) is 13.9. The van der Waals surface area contributed by atoms with E-state index in [0.29, 0.717) is 0 Å². The predicted molar refractivity (Wildman–Crippen MR) is 79.4 cm³/mol. The second kappa shape index (κ2) is 7.97. The zero-order valence-corrected chi connectivity index (χ0v) is 11.6. The molecule has 0 spiro atoms. The first-order valence-electron chi connectivity index (χ1n) is 6.00. The maximum atomic E-state index is 2.17. The van der Waals surface area contributed by atoms with Crippen molar-refractivity contribution >= 4 is 11.8 Å². The summed E-state index contributed by atoms with van der Waals surface area (Å²) in [5.41, 5.74) is 1.30. The minimum Gasteiger partial charge on any atom is -0.0901 e. The van der Waals surface area contributed by atoms with E-state index in [1.807, 2.05) is 6.92 Å². The van der Waals surface area contributed by atoms with Gasteiger partial charge in [-0.3, -0.25) is 0 Å². The Morgan fingerprint density at radius 2 is 1.94 bits per heavy atom. The number of thioether (sulfide) groups is 1. The minimum absolute atomic E-state index is 1.08. The van der Waals surface area contributed by atoms with Crippen molar-refractivity contribution in [2.45, 2.75) is 32.1 Å². The third-order valence-corrected chi connectivity index (χ3v) is 3.24. The van der Waals surface area contributed by atoms with Crippen LogP contribution in [0.15, 0.2) is 64.4 Å². The van der Waals surface area contributed by atoms with Crippen LogP contribution in [0.1, 0.15) is 25.8 Å². The fourth-order valence-corrected chi connectivity index (χ4v) is 2.22. The standard InChI is InChI=1S/C16H20S/c1-4-6-7-9-15(8-5-2)17-16-12-10-14(3)11-13-16/h5-13H,4H2,1-3H3/b7-6-,8-5+,15-9+. The van der Waals surface area contributed by atoms with Crippen molar-refractivity contribution < 1.29 is 0 Å². The Balaban J connectivity index is 2.76. The van der Waals surface area contributed by atoms with E-state index < -0.39 is 0 Å². The maximum absolute atomic E-state index is 2.17. The largest absolute Gasteiger partial charge is 0.0901 e. The van der Waals surface area contributed by atoms with E-state index in [-0.39, 0.29) is 0 Å². The molecule has 0 unspecified atom stereocenters. The van der Waals surface area contributed by atoms with E-state index in [2.05, 4.69) is 68.5 Å². The van der Waals surface area contributed by atoms with Gasteiger partial charge in [-0.2, -0.15) is 0 Å². The van der Waals surface area contributed by atoms with Crippen molar-refractivity contribution in [2.75, 3.05) is 0 Å². The quantitative estimate of drug-likeness (QED) is 0.486. The van der Waals surface area contributed by atoms with Gasteiger partial charge in [0.05, 0.1) is 0 Å². The van der Waals surface area contributed by atoms with Crippen molar-refractivity contribution in [1.82, 2.24) is 0 Å². The lowest BCUT2D eigenvalue weighted by molar-refractivity contribution is 1.22. The van der Waals surface area contributed by atoms with Crippen LogP contribution in [0.25, 0.3) is 0 Å². The molecule has 0 aliphatic rings. The van der Waals surface area contributed by atoms with Crippen molar-refractivity contribution in [2.24, 2.45) is 0 Å². The van der Waals surface area contributed by atoms with Gasteiger partial charge in [-0.05, 0) is 38.5 Å². The Labute approximate surface area is 109 Å². The molecule has 0 N–H and O–H groups in total. The summed E-state index contributed by atoms with van der Waals surface area (Å²) in [5.74, 6) is 0. The number of hydrogen-bond donors (Lipinski definition) is 0. The molecular formula is C16H20S. The average molecular weight is 244 g/mol. The summed E-state index contributed by atoms with van der Waals surface area (Å²) < 4.78 is 0. The molecule has 0 nitrogen and oxygen atoms in total. The lowest BCUT2D eigenvalue weighted by atomic mass is 10.2. The second-order valence-corrected chi connectivity index (χ2v) is 4.97. The summed E-state index contributed by atoms with van der Waals surface area (Å²) in [7, 11) is 0. The van der Waals surface area contributed by atoms with E-state index in [9.17, 15) is 0 Å². The zero-order valence-electron chi connectivity index (χ0n) is 10.8. The van der Waals surface area contributed by atoms with E-state index >= 15 is 0 Å². The molecule has 0 aliphatic heterocycles. The summed E-state index contributed by atoms with van der Waals surface area (Å²) in [5, 5.41) is 0. The zero-order chi connectivity index (χ0) is 12.5. The molecule has 0 saturated carbocycles. The molecule has 1 aromatic rings. The lowest BCUT2D eigenvalue weighted by Gasteiger charge is -2.02. The summed E-state index contributed by atoms with van der Waals surface area (Å²) in [6, 6.07) is 8.64. The molecule has 0 aromatic heterocycles. The Morgan fingerprint density at radius 1 is 1.24 bits per heavy atom. The number of hydrogen-bond acceptors (Lipinski definition) is 1. The monoisotopic (exact) mass is 244 g/mol. The lowest BCUT2D eigenvalue weighted by Crippen LogP contribution is -1.75. The van der Waals surface area contributed by atoms with E-state index in [4.69, 9.17) is 0 Å². The van der Waals surface area contributed by atoms with Crippen LogP contribution in [-0.4, -0.2) is 0 Å². The average Bonchev–Trinajstić information content (AvgIpc) is 2.32.